The van der Waals surface area contributed by atoms with Crippen LogP contribution >= 0.6 is 39.1 Å². The predicted octanol–water partition coefficient (Wildman–Crippen LogP) is 4.34. The highest BCUT2D eigenvalue weighted by atomic mass is 79.9. The zero-order chi connectivity index (χ0) is 11.7. The summed E-state index contributed by atoms with van der Waals surface area (Å²) < 4.78 is 2.71. The molecule has 0 saturated heterocycles. The Bertz CT molecular complexity index is 523. The second kappa shape index (κ2) is 4.78. The third kappa shape index (κ3) is 2.26. The number of hydrogen-bond donors (Lipinski definition) is 0. The Hall–Kier alpha value is -0.510. The molecule has 1 aromatic carbocycles. The highest BCUT2D eigenvalue weighted by Gasteiger charge is 2.07. The van der Waals surface area contributed by atoms with Gasteiger partial charge in [-0.3, -0.25) is 0 Å². The van der Waals surface area contributed by atoms with Crippen LogP contribution < -0.4 is 0 Å². The van der Waals surface area contributed by atoms with Gasteiger partial charge in [0, 0.05) is 15.7 Å². The Morgan fingerprint density at radius 3 is 2.81 bits per heavy atom. The van der Waals surface area contributed by atoms with E-state index in [0.29, 0.717) is 5.88 Å². The lowest BCUT2D eigenvalue weighted by Gasteiger charge is -2.07. The van der Waals surface area contributed by atoms with Gasteiger partial charge in [0.25, 0.3) is 0 Å². The minimum absolute atomic E-state index is 0.407. The van der Waals surface area contributed by atoms with Crippen molar-refractivity contribution in [1.82, 2.24) is 9.78 Å². The molecule has 0 radical (unpaired) electrons. The van der Waals surface area contributed by atoms with Crippen molar-refractivity contribution in [2.24, 2.45) is 0 Å². The zero-order valence-corrected chi connectivity index (χ0v) is 11.6. The van der Waals surface area contributed by atoms with Gasteiger partial charge in [-0.15, -0.1) is 11.6 Å². The number of benzene rings is 1. The zero-order valence-electron chi connectivity index (χ0n) is 8.54. The number of rotatable bonds is 2. The molecule has 0 amide bonds. The lowest BCUT2D eigenvalue weighted by atomic mass is 10.2. The quantitative estimate of drug-likeness (QED) is 0.753. The second-order valence-electron chi connectivity index (χ2n) is 3.44. The molecule has 0 bridgehead atoms. The predicted molar refractivity (Wildman–Crippen MR) is 70.6 cm³/mol. The monoisotopic (exact) mass is 318 g/mol. The summed E-state index contributed by atoms with van der Waals surface area (Å²) in [7, 11) is 0. The van der Waals surface area contributed by atoms with Crippen molar-refractivity contribution in [1.29, 1.82) is 0 Å². The van der Waals surface area contributed by atoms with Gasteiger partial charge in [0.15, 0.2) is 0 Å². The van der Waals surface area contributed by atoms with Crippen LogP contribution in [0.5, 0.6) is 0 Å². The fraction of sp³-hybridized carbons (Fsp3) is 0.182. The molecule has 0 atom stereocenters. The highest BCUT2D eigenvalue weighted by molar-refractivity contribution is 9.10. The van der Waals surface area contributed by atoms with Gasteiger partial charge in [-0.25, -0.2) is 4.68 Å². The largest absolute Gasteiger partial charge is 0.239 e. The molecule has 0 unspecified atom stereocenters. The summed E-state index contributed by atoms with van der Waals surface area (Å²) in [5, 5.41) is 5.05. The van der Waals surface area contributed by atoms with Crippen molar-refractivity contribution in [3.05, 3.63) is 45.1 Å². The molecular weight excluding hydrogens is 311 g/mol. The number of halogens is 3. The molecule has 84 valence electrons. The Balaban J connectivity index is 2.51. The third-order valence-electron chi connectivity index (χ3n) is 2.26. The van der Waals surface area contributed by atoms with Crippen LogP contribution in [0.1, 0.15) is 11.3 Å². The van der Waals surface area contributed by atoms with Crippen LogP contribution in [-0.4, -0.2) is 9.78 Å². The van der Waals surface area contributed by atoms with E-state index in [9.17, 15) is 0 Å². The Kier molecular flexibility index (Phi) is 3.57. The van der Waals surface area contributed by atoms with E-state index in [-0.39, 0.29) is 0 Å². The molecule has 2 nitrogen and oxygen atoms in total. The van der Waals surface area contributed by atoms with Gasteiger partial charge < -0.3 is 0 Å². The lowest BCUT2D eigenvalue weighted by Crippen LogP contribution is -1.97. The molecule has 2 aromatic rings. The molecule has 0 aliphatic carbocycles. The summed E-state index contributed by atoms with van der Waals surface area (Å²) >= 11 is 15.3. The molecular formula is C11H9BrCl2N2. The number of alkyl halides is 1. The first-order chi connectivity index (χ1) is 7.61. The molecule has 1 heterocycles. The molecule has 0 aliphatic heterocycles. The minimum atomic E-state index is 0.407. The summed E-state index contributed by atoms with van der Waals surface area (Å²) in [5.74, 6) is 0.407. The normalized spacial score (nSPS) is 10.8. The van der Waals surface area contributed by atoms with E-state index in [1.54, 1.807) is 4.68 Å². The van der Waals surface area contributed by atoms with E-state index >= 15 is 0 Å². The SMILES string of the molecule is Cc1cc(Br)c(-n2ccc(CCl)n2)cc1Cl. The van der Waals surface area contributed by atoms with Crippen molar-refractivity contribution in [2.75, 3.05) is 0 Å². The van der Waals surface area contributed by atoms with E-state index in [1.165, 1.54) is 0 Å². The van der Waals surface area contributed by atoms with E-state index in [2.05, 4.69) is 21.0 Å². The summed E-state index contributed by atoms with van der Waals surface area (Å²) in [6.45, 7) is 1.96. The topological polar surface area (TPSA) is 17.8 Å². The minimum Gasteiger partial charge on any atom is -0.239 e. The maximum absolute atomic E-state index is 6.09. The van der Waals surface area contributed by atoms with Gasteiger partial charge in [0.1, 0.15) is 0 Å². The second-order valence-corrected chi connectivity index (χ2v) is 4.97. The first kappa shape index (κ1) is 12.0. The van der Waals surface area contributed by atoms with Crippen LogP contribution in [0.2, 0.25) is 5.02 Å². The molecule has 5 heteroatoms. The summed E-state index contributed by atoms with van der Waals surface area (Å²) in [4.78, 5) is 0. The van der Waals surface area contributed by atoms with Crippen LogP contribution in [0.4, 0.5) is 0 Å². The Morgan fingerprint density at radius 1 is 1.44 bits per heavy atom. The number of nitrogens with zero attached hydrogens (tertiary/aromatic N) is 2. The van der Waals surface area contributed by atoms with Gasteiger partial charge in [-0.2, -0.15) is 5.10 Å². The van der Waals surface area contributed by atoms with Crippen LogP contribution in [0.3, 0.4) is 0 Å². The molecule has 0 N–H and O–H groups in total. The maximum Gasteiger partial charge on any atom is 0.0802 e. The first-order valence-corrected chi connectivity index (χ1v) is 6.39. The summed E-state index contributed by atoms with van der Waals surface area (Å²) in [6.07, 6.45) is 1.86. The van der Waals surface area contributed by atoms with Crippen molar-refractivity contribution in [3.8, 4) is 5.69 Å². The van der Waals surface area contributed by atoms with Crippen LogP contribution in [0.25, 0.3) is 5.69 Å². The number of aryl methyl sites for hydroxylation is 1. The van der Waals surface area contributed by atoms with Crippen LogP contribution in [-0.2, 0) is 5.88 Å². The fourth-order valence-electron chi connectivity index (χ4n) is 1.38. The van der Waals surface area contributed by atoms with Crippen LogP contribution in [0, 0.1) is 6.92 Å². The maximum atomic E-state index is 6.09. The van der Waals surface area contributed by atoms with Crippen molar-refractivity contribution < 1.29 is 0 Å². The highest BCUT2D eigenvalue weighted by Crippen LogP contribution is 2.27. The van der Waals surface area contributed by atoms with Gasteiger partial charge >= 0.3 is 0 Å². The third-order valence-corrected chi connectivity index (χ3v) is 3.57. The molecule has 0 saturated carbocycles. The molecule has 0 aliphatic rings. The van der Waals surface area contributed by atoms with E-state index < -0.39 is 0 Å². The number of hydrogen-bond acceptors (Lipinski definition) is 1. The van der Waals surface area contributed by atoms with E-state index in [4.69, 9.17) is 23.2 Å². The smallest absolute Gasteiger partial charge is 0.0802 e. The van der Waals surface area contributed by atoms with Crippen molar-refractivity contribution in [2.45, 2.75) is 12.8 Å². The summed E-state index contributed by atoms with van der Waals surface area (Å²) in [5.41, 5.74) is 2.78. The Morgan fingerprint density at radius 2 is 2.19 bits per heavy atom. The average molecular weight is 320 g/mol. The first-order valence-electron chi connectivity index (χ1n) is 4.68. The fourth-order valence-corrected chi connectivity index (χ4v) is 2.32. The summed E-state index contributed by atoms with van der Waals surface area (Å²) in [6, 6.07) is 5.74. The van der Waals surface area contributed by atoms with Gasteiger partial charge in [0.2, 0.25) is 0 Å². The molecule has 1 aromatic heterocycles. The Labute approximate surface area is 112 Å². The van der Waals surface area contributed by atoms with Gasteiger partial charge in [0.05, 0.1) is 17.3 Å². The van der Waals surface area contributed by atoms with Gasteiger partial charge in [-0.05, 0) is 46.6 Å². The average Bonchev–Trinajstić information content (AvgIpc) is 2.71. The van der Waals surface area contributed by atoms with E-state index in [0.717, 1.165) is 26.4 Å². The van der Waals surface area contributed by atoms with Crippen molar-refractivity contribution >= 4 is 39.1 Å². The lowest BCUT2D eigenvalue weighted by molar-refractivity contribution is 0.854. The molecule has 2 rings (SSSR count). The van der Waals surface area contributed by atoms with Crippen LogP contribution in [0.15, 0.2) is 28.9 Å². The standard InChI is InChI=1S/C11H9BrCl2N2/c1-7-4-9(12)11(5-10(7)14)16-3-2-8(6-13)15-16/h2-5H,6H2,1H3. The molecule has 0 fully saturated rings. The van der Waals surface area contributed by atoms with Crippen molar-refractivity contribution in [3.63, 3.8) is 0 Å². The number of aromatic nitrogens is 2. The van der Waals surface area contributed by atoms with Gasteiger partial charge in [-0.1, -0.05) is 11.6 Å². The van der Waals surface area contributed by atoms with E-state index in [1.807, 2.05) is 31.3 Å². The molecule has 0 spiro atoms. The molecule has 16 heavy (non-hydrogen) atoms.